The first-order valence-electron chi connectivity index (χ1n) is 3.83. The third kappa shape index (κ3) is 1.67. The molecule has 0 aromatic heterocycles. The molecule has 1 aliphatic rings. The van der Waals surface area contributed by atoms with Crippen LogP contribution in [0.5, 0.6) is 0 Å². The highest BCUT2D eigenvalue weighted by Crippen LogP contribution is 2.33. The van der Waals surface area contributed by atoms with Crippen molar-refractivity contribution in [3.05, 3.63) is 0 Å². The van der Waals surface area contributed by atoms with Crippen molar-refractivity contribution in [1.29, 1.82) is 0 Å². The summed E-state index contributed by atoms with van der Waals surface area (Å²) < 4.78 is 5.90. The first kappa shape index (κ1) is 8.41. The van der Waals surface area contributed by atoms with E-state index >= 15 is 0 Å². The van der Waals surface area contributed by atoms with E-state index in [2.05, 4.69) is 20.1 Å². The molecule has 0 saturated carbocycles. The van der Waals surface area contributed by atoms with Crippen LogP contribution >= 0.6 is 11.8 Å². The molecule has 1 rings (SSSR count). The Bertz CT molecular complexity index is 106. The maximum atomic E-state index is 5.59. The zero-order valence-electron chi connectivity index (χ0n) is 7.02. The molecule has 2 heteroatoms. The molecule has 0 aromatic carbocycles. The minimum absolute atomic E-state index is 0.316. The quantitative estimate of drug-likeness (QED) is 0.613. The van der Waals surface area contributed by atoms with Gasteiger partial charge in [0.2, 0.25) is 0 Å². The van der Waals surface area contributed by atoms with E-state index in [1.807, 2.05) is 11.8 Å². The van der Waals surface area contributed by atoms with Crippen LogP contribution in [0.4, 0.5) is 0 Å². The molecule has 0 N–H and O–H groups in total. The minimum atomic E-state index is 0.316. The van der Waals surface area contributed by atoms with Crippen LogP contribution in [0.2, 0.25) is 0 Å². The van der Waals surface area contributed by atoms with Crippen LogP contribution in [0.25, 0.3) is 0 Å². The summed E-state index contributed by atoms with van der Waals surface area (Å²) in [7, 11) is 0. The van der Waals surface area contributed by atoms with Gasteiger partial charge in [0.05, 0.1) is 6.10 Å². The minimum Gasteiger partial charge on any atom is -0.377 e. The van der Waals surface area contributed by atoms with Crippen LogP contribution in [0.15, 0.2) is 0 Å². The molecule has 1 heterocycles. The fourth-order valence-corrected chi connectivity index (χ4v) is 1.71. The SMILES string of the molecule is CSC(C)(C)C1CCCO1. The summed E-state index contributed by atoms with van der Waals surface area (Å²) in [4.78, 5) is 0. The molecular formula is C8H16OS. The lowest BCUT2D eigenvalue weighted by Gasteiger charge is -2.28. The zero-order chi connectivity index (χ0) is 7.61. The molecule has 0 bridgehead atoms. The maximum Gasteiger partial charge on any atom is 0.0717 e. The van der Waals surface area contributed by atoms with E-state index in [9.17, 15) is 0 Å². The van der Waals surface area contributed by atoms with E-state index in [-0.39, 0.29) is 0 Å². The predicted molar refractivity (Wildman–Crippen MR) is 46.6 cm³/mol. The molecule has 1 atom stereocenters. The lowest BCUT2D eigenvalue weighted by atomic mass is 10.0. The van der Waals surface area contributed by atoms with Crippen molar-refractivity contribution < 1.29 is 4.74 Å². The standard InChI is InChI=1S/C8H16OS/c1-8(2,10-3)7-5-4-6-9-7/h7H,4-6H2,1-3H3. The Morgan fingerprint density at radius 2 is 2.20 bits per heavy atom. The van der Waals surface area contributed by atoms with E-state index in [0.717, 1.165) is 6.61 Å². The number of thioether (sulfide) groups is 1. The normalized spacial score (nSPS) is 27.3. The van der Waals surface area contributed by atoms with Crippen molar-refractivity contribution in [1.82, 2.24) is 0 Å². The Kier molecular flexibility index (Phi) is 2.64. The fraction of sp³-hybridized carbons (Fsp3) is 1.00. The van der Waals surface area contributed by atoms with Gasteiger partial charge in [-0.3, -0.25) is 0 Å². The van der Waals surface area contributed by atoms with Crippen LogP contribution in [0.3, 0.4) is 0 Å². The van der Waals surface area contributed by atoms with Crippen molar-refractivity contribution in [2.45, 2.75) is 37.5 Å². The van der Waals surface area contributed by atoms with Crippen LogP contribution in [-0.2, 0) is 4.74 Å². The first-order chi connectivity index (χ1) is 4.67. The second-order valence-electron chi connectivity index (χ2n) is 3.31. The Morgan fingerprint density at radius 1 is 1.50 bits per heavy atom. The number of hydrogen-bond donors (Lipinski definition) is 0. The van der Waals surface area contributed by atoms with Crippen LogP contribution in [0.1, 0.15) is 26.7 Å². The number of rotatable bonds is 2. The molecule has 0 amide bonds. The summed E-state index contributed by atoms with van der Waals surface area (Å²) in [5.74, 6) is 0. The summed E-state index contributed by atoms with van der Waals surface area (Å²) in [5.41, 5.74) is 0. The Balaban J connectivity index is 2.45. The average Bonchev–Trinajstić information content (AvgIpc) is 2.38. The van der Waals surface area contributed by atoms with Crippen LogP contribution in [-0.4, -0.2) is 23.7 Å². The van der Waals surface area contributed by atoms with E-state index in [1.165, 1.54) is 12.8 Å². The van der Waals surface area contributed by atoms with Gasteiger partial charge < -0.3 is 4.74 Å². The Labute approximate surface area is 67.5 Å². The molecule has 1 fully saturated rings. The van der Waals surface area contributed by atoms with Crippen molar-refractivity contribution in [2.75, 3.05) is 12.9 Å². The van der Waals surface area contributed by atoms with Gasteiger partial charge in [-0.1, -0.05) is 0 Å². The van der Waals surface area contributed by atoms with Crippen LogP contribution < -0.4 is 0 Å². The van der Waals surface area contributed by atoms with Crippen molar-refractivity contribution in [2.24, 2.45) is 0 Å². The average molecular weight is 160 g/mol. The highest BCUT2D eigenvalue weighted by atomic mass is 32.2. The molecule has 0 spiro atoms. The highest BCUT2D eigenvalue weighted by Gasteiger charge is 2.31. The van der Waals surface area contributed by atoms with Gasteiger partial charge in [-0.05, 0) is 32.9 Å². The van der Waals surface area contributed by atoms with Crippen molar-refractivity contribution in [3.63, 3.8) is 0 Å². The molecule has 10 heavy (non-hydrogen) atoms. The third-order valence-corrected chi connectivity index (χ3v) is 3.55. The van der Waals surface area contributed by atoms with Crippen LogP contribution in [0, 0.1) is 0 Å². The zero-order valence-corrected chi connectivity index (χ0v) is 7.83. The largest absolute Gasteiger partial charge is 0.377 e. The predicted octanol–water partition coefficient (Wildman–Crippen LogP) is 2.31. The van der Waals surface area contributed by atoms with E-state index in [1.54, 1.807) is 0 Å². The number of hydrogen-bond acceptors (Lipinski definition) is 2. The summed E-state index contributed by atoms with van der Waals surface area (Å²) in [5, 5.41) is 0. The highest BCUT2D eigenvalue weighted by molar-refractivity contribution is 8.00. The smallest absolute Gasteiger partial charge is 0.0717 e. The van der Waals surface area contributed by atoms with Gasteiger partial charge >= 0.3 is 0 Å². The number of ether oxygens (including phenoxy) is 1. The fourth-order valence-electron chi connectivity index (χ4n) is 1.26. The Hall–Kier alpha value is 0.310. The van der Waals surface area contributed by atoms with Gasteiger partial charge in [0.1, 0.15) is 0 Å². The van der Waals surface area contributed by atoms with Gasteiger partial charge in [0.25, 0.3) is 0 Å². The molecular weight excluding hydrogens is 144 g/mol. The van der Waals surface area contributed by atoms with Crippen molar-refractivity contribution in [3.8, 4) is 0 Å². The lowest BCUT2D eigenvalue weighted by Crippen LogP contribution is -2.31. The molecule has 60 valence electrons. The molecule has 0 aliphatic carbocycles. The van der Waals surface area contributed by atoms with Gasteiger partial charge in [-0.15, -0.1) is 0 Å². The molecule has 0 radical (unpaired) electrons. The van der Waals surface area contributed by atoms with E-state index in [4.69, 9.17) is 4.74 Å². The molecule has 1 saturated heterocycles. The topological polar surface area (TPSA) is 9.23 Å². The molecule has 1 nitrogen and oxygen atoms in total. The van der Waals surface area contributed by atoms with Crippen molar-refractivity contribution >= 4 is 11.8 Å². The molecule has 1 aliphatic heterocycles. The monoisotopic (exact) mass is 160 g/mol. The summed E-state index contributed by atoms with van der Waals surface area (Å²) in [6.07, 6.45) is 5.13. The Morgan fingerprint density at radius 3 is 2.60 bits per heavy atom. The summed E-state index contributed by atoms with van der Waals surface area (Å²) >= 11 is 1.90. The summed E-state index contributed by atoms with van der Waals surface area (Å²) in [6, 6.07) is 0. The maximum absolute atomic E-state index is 5.59. The van der Waals surface area contributed by atoms with Gasteiger partial charge in [0.15, 0.2) is 0 Å². The second-order valence-corrected chi connectivity index (χ2v) is 4.77. The van der Waals surface area contributed by atoms with E-state index < -0.39 is 0 Å². The van der Waals surface area contributed by atoms with Gasteiger partial charge in [-0.25, -0.2) is 0 Å². The van der Waals surface area contributed by atoms with E-state index in [0.29, 0.717) is 10.9 Å². The van der Waals surface area contributed by atoms with Gasteiger partial charge in [-0.2, -0.15) is 11.8 Å². The van der Waals surface area contributed by atoms with Gasteiger partial charge in [0, 0.05) is 11.4 Å². The molecule has 1 unspecified atom stereocenters. The second kappa shape index (κ2) is 3.14. The third-order valence-electron chi connectivity index (χ3n) is 2.23. The molecule has 0 aromatic rings. The summed E-state index contributed by atoms with van der Waals surface area (Å²) in [6.45, 7) is 5.48. The lowest BCUT2D eigenvalue weighted by molar-refractivity contribution is 0.0883. The first-order valence-corrected chi connectivity index (χ1v) is 5.06.